The number of thioether (sulfide) groups is 1. The number of fused-ring (bicyclic) bond motifs is 1. The number of ether oxygens (including phenoxy) is 1. The third-order valence-electron chi connectivity index (χ3n) is 4.59. The van der Waals surface area contributed by atoms with E-state index in [2.05, 4.69) is 20.9 Å². The smallest absolute Gasteiger partial charge is 0.240 e. The van der Waals surface area contributed by atoms with Crippen LogP contribution in [0.15, 0.2) is 47.6 Å². The van der Waals surface area contributed by atoms with Crippen molar-refractivity contribution in [2.75, 3.05) is 17.3 Å². The van der Waals surface area contributed by atoms with Gasteiger partial charge in [-0.25, -0.2) is 9.07 Å². The molecule has 2 aromatic carbocycles. The van der Waals surface area contributed by atoms with Crippen molar-refractivity contribution >= 4 is 35.0 Å². The topological polar surface area (TPSA) is 81.1 Å². The van der Waals surface area contributed by atoms with E-state index in [9.17, 15) is 9.18 Å². The van der Waals surface area contributed by atoms with Crippen molar-refractivity contribution in [3.63, 3.8) is 0 Å². The lowest BCUT2D eigenvalue weighted by molar-refractivity contribution is -0.116. The van der Waals surface area contributed by atoms with Crippen LogP contribution in [0.4, 0.5) is 10.1 Å². The highest BCUT2D eigenvalue weighted by molar-refractivity contribution is 8.00. The van der Waals surface area contributed by atoms with Crippen molar-refractivity contribution in [2.45, 2.75) is 30.3 Å². The molecule has 0 saturated heterocycles. The highest BCUT2D eigenvalue weighted by Gasteiger charge is 2.37. The molecule has 1 aliphatic heterocycles. The van der Waals surface area contributed by atoms with Gasteiger partial charge in [-0.2, -0.15) is 0 Å². The quantitative estimate of drug-likeness (QED) is 0.610. The van der Waals surface area contributed by atoms with Crippen LogP contribution in [0, 0.1) is 12.7 Å². The number of hydrogen-bond donors (Lipinski definition) is 2. The van der Waals surface area contributed by atoms with E-state index in [0.29, 0.717) is 23.3 Å². The lowest BCUT2D eigenvalue weighted by Crippen LogP contribution is -2.41. The fraction of sp³-hybridized carbons (Fsp3) is 0.250. The molecule has 0 fully saturated rings. The summed E-state index contributed by atoms with van der Waals surface area (Å²) < 4.78 is 20.7. The van der Waals surface area contributed by atoms with E-state index < -0.39 is 11.1 Å². The molecule has 0 bridgehead atoms. The fourth-order valence-electron chi connectivity index (χ4n) is 3.14. The third kappa shape index (κ3) is 4.08. The largest absolute Gasteiger partial charge is 0.494 e. The molecular formula is C20H19ClFN5O2S. The second-order valence-corrected chi connectivity index (χ2v) is 8.15. The number of rotatable bonds is 5. The minimum Gasteiger partial charge on any atom is -0.494 e. The number of amides is 1. The standard InChI is InChI=1S/C20H19ClFN5O2S/c1-3-29-14-7-4-12(5-8-14)17-18(30-20-25-24-11(2)27(20)26-17)19(28)23-13-6-9-16(22)15(21)10-13/h4-10,17-18,26H,3H2,1-2H3,(H,23,28). The van der Waals surface area contributed by atoms with Crippen LogP contribution in [0.5, 0.6) is 5.75 Å². The molecule has 0 saturated carbocycles. The van der Waals surface area contributed by atoms with Gasteiger partial charge in [0, 0.05) is 5.69 Å². The van der Waals surface area contributed by atoms with Crippen LogP contribution >= 0.6 is 23.4 Å². The zero-order valence-electron chi connectivity index (χ0n) is 16.2. The van der Waals surface area contributed by atoms with Crippen molar-refractivity contribution in [2.24, 2.45) is 0 Å². The van der Waals surface area contributed by atoms with Crippen LogP contribution in [-0.2, 0) is 4.79 Å². The van der Waals surface area contributed by atoms with E-state index in [4.69, 9.17) is 16.3 Å². The van der Waals surface area contributed by atoms with Gasteiger partial charge in [0.1, 0.15) is 22.6 Å². The van der Waals surface area contributed by atoms with Gasteiger partial charge < -0.3 is 15.5 Å². The number of carbonyl (C=O) groups is 1. The van der Waals surface area contributed by atoms with E-state index in [1.165, 1.54) is 30.0 Å². The summed E-state index contributed by atoms with van der Waals surface area (Å²) in [4.78, 5) is 13.1. The number of nitrogens with zero attached hydrogens (tertiary/aromatic N) is 3. The predicted octanol–water partition coefficient (Wildman–Crippen LogP) is 4.18. The maximum Gasteiger partial charge on any atom is 0.240 e. The first kappa shape index (κ1) is 20.5. The molecule has 2 atom stereocenters. The molecule has 10 heteroatoms. The molecule has 2 N–H and O–H groups in total. The van der Waals surface area contributed by atoms with E-state index >= 15 is 0 Å². The summed E-state index contributed by atoms with van der Waals surface area (Å²) in [5, 5.41) is 11.0. The maximum absolute atomic E-state index is 13.4. The Kier molecular flexibility index (Phi) is 5.83. The summed E-state index contributed by atoms with van der Waals surface area (Å²) in [6.07, 6.45) is 0. The van der Waals surface area contributed by atoms with Crippen molar-refractivity contribution < 1.29 is 13.9 Å². The highest BCUT2D eigenvalue weighted by Crippen LogP contribution is 2.38. The summed E-state index contributed by atoms with van der Waals surface area (Å²) in [5.41, 5.74) is 4.66. The molecule has 1 aromatic heterocycles. The van der Waals surface area contributed by atoms with Gasteiger partial charge in [0.2, 0.25) is 11.1 Å². The Bertz CT molecular complexity index is 1080. The van der Waals surface area contributed by atoms with Crippen molar-refractivity contribution in [3.05, 3.63) is 64.7 Å². The SMILES string of the molecule is CCOc1ccc(C2Nn3c(C)nnc3SC2C(=O)Nc2ccc(F)c(Cl)c2)cc1. The van der Waals surface area contributed by atoms with E-state index in [1.54, 1.807) is 4.68 Å². The summed E-state index contributed by atoms with van der Waals surface area (Å²) in [6.45, 7) is 4.33. The Labute approximate surface area is 181 Å². The third-order valence-corrected chi connectivity index (χ3v) is 6.10. The zero-order chi connectivity index (χ0) is 21.3. The van der Waals surface area contributed by atoms with Crippen molar-refractivity contribution in [1.82, 2.24) is 14.9 Å². The molecule has 0 radical (unpaired) electrons. The molecule has 4 rings (SSSR count). The molecule has 0 spiro atoms. The summed E-state index contributed by atoms with van der Waals surface area (Å²) in [6, 6.07) is 11.3. The normalized spacial score (nSPS) is 17.7. The molecule has 30 heavy (non-hydrogen) atoms. The molecule has 1 aliphatic rings. The number of anilines is 1. The minimum absolute atomic E-state index is 0.0550. The van der Waals surface area contributed by atoms with Gasteiger partial charge in [-0.1, -0.05) is 35.5 Å². The van der Waals surface area contributed by atoms with Crippen LogP contribution < -0.4 is 15.5 Å². The number of halogens is 2. The molecule has 7 nitrogen and oxygen atoms in total. The van der Waals surface area contributed by atoms with Crippen LogP contribution in [-0.4, -0.2) is 32.6 Å². The monoisotopic (exact) mass is 447 g/mol. The van der Waals surface area contributed by atoms with Gasteiger partial charge in [0.15, 0.2) is 0 Å². The number of carbonyl (C=O) groups excluding carboxylic acids is 1. The molecule has 1 amide bonds. The lowest BCUT2D eigenvalue weighted by atomic mass is 10.0. The Balaban J connectivity index is 1.63. The molecule has 2 unspecified atom stereocenters. The van der Waals surface area contributed by atoms with Crippen LogP contribution in [0.1, 0.15) is 24.4 Å². The Morgan fingerprint density at radius 2 is 2.07 bits per heavy atom. The first-order chi connectivity index (χ1) is 14.5. The second-order valence-electron chi connectivity index (χ2n) is 6.63. The predicted molar refractivity (Wildman–Crippen MR) is 114 cm³/mol. The van der Waals surface area contributed by atoms with Gasteiger partial charge in [0.25, 0.3) is 0 Å². The second kappa shape index (κ2) is 8.53. The Hall–Kier alpha value is -2.78. The van der Waals surface area contributed by atoms with Gasteiger partial charge in [-0.15, -0.1) is 10.2 Å². The number of aromatic nitrogens is 3. The summed E-state index contributed by atoms with van der Waals surface area (Å²) >= 11 is 7.15. The maximum atomic E-state index is 13.4. The van der Waals surface area contributed by atoms with Crippen LogP contribution in [0.3, 0.4) is 0 Å². The van der Waals surface area contributed by atoms with Crippen molar-refractivity contribution in [1.29, 1.82) is 0 Å². The Morgan fingerprint density at radius 3 is 2.77 bits per heavy atom. The molecule has 3 aromatic rings. The number of aryl methyl sites for hydroxylation is 1. The minimum atomic E-state index is -0.553. The Morgan fingerprint density at radius 1 is 1.30 bits per heavy atom. The van der Waals surface area contributed by atoms with Crippen molar-refractivity contribution in [3.8, 4) is 5.75 Å². The van der Waals surface area contributed by atoms with E-state index in [-0.39, 0.29) is 17.0 Å². The summed E-state index contributed by atoms with van der Waals surface area (Å²) in [7, 11) is 0. The first-order valence-electron chi connectivity index (χ1n) is 9.30. The average Bonchev–Trinajstić information content (AvgIpc) is 3.11. The van der Waals surface area contributed by atoms with Gasteiger partial charge in [0.05, 0.1) is 17.7 Å². The van der Waals surface area contributed by atoms with Crippen LogP contribution in [0.2, 0.25) is 5.02 Å². The molecule has 2 heterocycles. The molecular weight excluding hydrogens is 429 g/mol. The van der Waals surface area contributed by atoms with Gasteiger partial charge in [-0.3, -0.25) is 4.79 Å². The highest BCUT2D eigenvalue weighted by atomic mass is 35.5. The van der Waals surface area contributed by atoms with Gasteiger partial charge in [-0.05, 0) is 49.7 Å². The number of nitrogens with one attached hydrogen (secondary N) is 2. The lowest BCUT2D eigenvalue weighted by Gasteiger charge is -2.32. The first-order valence-corrected chi connectivity index (χ1v) is 10.6. The molecule has 156 valence electrons. The van der Waals surface area contributed by atoms with E-state index in [0.717, 1.165) is 11.3 Å². The van der Waals surface area contributed by atoms with E-state index in [1.807, 2.05) is 38.1 Å². The summed E-state index contributed by atoms with van der Waals surface area (Å²) in [5.74, 6) is 0.644. The fourth-order valence-corrected chi connectivity index (χ4v) is 4.44. The number of benzene rings is 2. The molecule has 0 aliphatic carbocycles. The average molecular weight is 448 g/mol. The van der Waals surface area contributed by atoms with Gasteiger partial charge >= 0.3 is 0 Å². The van der Waals surface area contributed by atoms with Crippen LogP contribution in [0.25, 0.3) is 0 Å². The zero-order valence-corrected chi connectivity index (χ0v) is 17.8. The number of hydrogen-bond acceptors (Lipinski definition) is 6.